The number of halogens is 3. The summed E-state index contributed by atoms with van der Waals surface area (Å²) >= 11 is 1.53. The Kier molecular flexibility index (Phi) is 4.88. The smallest absolute Gasteiger partial charge is 0.297 e. The van der Waals surface area contributed by atoms with Gasteiger partial charge in [0.1, 0.15) is 9.77 Å². The zero-order chi connectivity index (χ0) is 18.2. The predicted molar refractivity (Wildman–Crippen MR) is 87.4 cm³/mol. The molecule has 0 saturated carbocycles. The summed E-state index contributed by atoms with van der Waals surface area (Å²) in [6.45, 7) is 0.779. The van der Waals surface area contributed by atoms with Crippen LogP contribution in [0.15, 0.2) is 21.7 Å². The van der Waals surface area contributed by atoms with E-state index in [1.54, 1.807) is 0 Å². The molecule has 0 unspecified atom stereocenters. The Bertz CT molecular complexity index is 883. The number of carbonyl (C=O) groups is 1. The molecule has 0 aromatic carbocycles. The lowest BCUT2D eigenvalue weighted by Crippen LogP contribution is -2.29. The zero-order valence-electron chi connectivity index (χ0n) is 12.5. The minimum absolute atomic E-state index is 0.0735. The third-order valence-electron chi connectivity index (χ3n) is 3.53. The van der Waals surface area contributed by atoms with E-state index >= 15 is 0 Å². The molecular weight excluding hydrogens is 399 g/mol. The molecule has 12 heteroatoms. The van der Waals surface area contributed by atoms with Crippen LogP contribution in [-0.2, 0) is 16.2 Å². The lowest BCUT2D eigenvalue weighted by Gasteiger charge is -2.15. The van der Waals surface area contributed by atoms with Crippen molar-refractivity contribution in [2.24, 2.45) is 0 Å². The maximum absolute atomic E-state index is 12.6. The van der Waals surface area contributed by atoms with E-state index in [4.69, 9.17) is 0 Å². The number of thiophene rings is 1. The highest BCUT2D eigenvalue weighted by molar-refractivity contribution is 7.89. The monoisotopic (exact) mass is 411 g/mol. The number of amides is 1. The van der Waals surface area contributed by atoms with Gasteiger partial charge >= 0.3 is 6.18 Å². The molecule has 0 spiro atoms. The third kappa shape index (κ3) is 3.71. The first-order valence-electron chi connectivity index (χ1n) is 7.11. The van der Waals surface area contributed by atoms with Crippen molar-refractivity contribution in [3.63, 3.8) is 0 Å². The van der Waals surface area contributed by atoms with E-state index in [-0.39, 0.29) is 14.9 Å². The van der Waals surface area contributed by atoms with Crippen LogP contribution in [0.1, 0.15) is 28.2 Å². The van der Waals surface area contributed by atoms with Gasteiger partial charge in [0.2, 0.25) is 10.0 Å². The highest BCUT2D eigenvalue weighted by atomic mass is 32.2. The van der Waals surface area contributed by atoms with Crippen LogP contribution in [0.2, 0.25) is 0 Å². The Labute approximate surface area is 149 Å². The van der Waals surface area contributed by atoms with Gasteiger partial charge < -0.3 is 0 Å². The Hall–Kier alpha value is -1.50. The highest BCUT2D eigenvalue weighted by Gasteiger charge is 2.35. The van der Waals surface area contributed by atoms with E-state index in [9.17, 15) is 26.4 Å². The first-order valence-corrected chi connectivity index (χ1v) is 10.3. The van der Waals surface area contributed by atoms with Gasteiger partial charge in [-0.1, -0.05) is 0 Å². The van der Waals surface area contributed by atoms with Gasteiger partial charge in [-0.05, 0) is 24.3 Å². The minimum Gasteiger partial charge on any atom is -0.297 e. The number of rotatable bonds is 4. The van der Waals surface area contributed by atoms with Gasteiger partial charge in [-0.2, -0.15) is 17.5 Å². The molecular formula is C13H12F3N3O3S3. The van der Waals surface area contributed by atoms with Crippen LogP contribution >= 0.6 is 22.7 Å². The molecule has 1 N–H and O–H groups in total. The molecule has 1 saturated heterocycles. The van der Waals surface area contributed by atoms with Crippen LogP contribution in [0.5, 0.6) is 0 Å². The van der Waals surface area contributed by atoms with Crippen molar-refractivity contribution in [1.29, 1.82) is 0 Å². The van der Waals surface area contributed by atoms with Gasteiger partial charge in [0.05, 0.1) is 0 Å². The standard InChI is InChI=1S/C13H12F3N3O3S3/c14-13(15,16)9-7-24-12(17-9)18-11(20)10-8(3-6-23-10)25(21,22)19-4-1-2-5-19/h3,6-7H,1-2,4-5H2,(H,17,18,20). The summed E-state index contributed by atoms with van der Waals surface area (Å²) < 4.78 is 64.2. The van der Waals surface area contributed by atoms with Crippen molar-refractivity contribution in [3.8, 4) is 0 Å². The summed E-state index contributed by atoms with van der Waals surface area (Å²) in [7, 11) is -3.80. The van der Waals surface area contributed by atoms with E-state index < -0.39 is 27.8 Å². The van der Waals surface area contributed by atoms with Crippen LogP contribution in [0, 0.1) is 0 Å². The number of anilines is 1. The van der Waals surface area contributed by atoms with Gasteiger partial charge in [0.25, 0.3) is 5.91 Å². The molecule has 1 fully saturated rings. The molecule has 1 aliphatic heterocycles. The van der Waals surface area contributed by atoms with Crippen molar-refractivity contribution >= 4 is 43.7 Å². The fourth-order valence-corrected chi connectivity index (χ4v) is 5.87. The number of thiazole rings is 1. The van der Waals surface area contributed by atoms with Crippen molar-refractivity contribution in [1.82, 2.24) is 9.29 Å². The summed E-state index contributed by atoms with van der Waals surface area (Å²) in [5.41, 5.74) is -1.11. The van der Waals surface area contributed by atoms with E-state index in [2.05, 4.69) is 10.3 Å². The van der Waals surface area contributed by atoms with Crippen molar-refractivity contribution in [2.75, 3.05) is 18.4 Å². The Morgan fingerprint density at radius 3 is 2.52 bits per heavy atom. The number of hydrogen-bond donors (Lipinski definition) is 1. The molecule has 136 valence electrons. The van der Waals surface area contributed by atoms with E-state index in [0.717, 1.165) is 29.6 Å². The van der Waals surface area contributed by atoms with E-state index in [0.29, 0.717) is 24.4 Å². The van der Waals surface area contributed by atoms with Crippen molar-refractivity contribution in [2.45, 2.75) is 23.9 Å². The predicted octanol–water partition coefficient (Wildman–Crippen LogP) is 3.26. The molecule has 0 atom stereocenters. The van der Waals surface area contributed by atoms with Gasteiger partial charge in [-0.25, -0.2) is 13.4 Å². The Morgan fingerprint density at radius 2 is 1.92 bits per heavy atom. The van der Waals surface area contributed by atoms with Crippen LogP contribution < -0.4 is 5.32 Å². The second kappa shape index (κ2) is 6.67. The maximum atomic E-state index is 12.6. The van der Waals surface area contributed by atoms with E-state index in [1.807, 2.05) is 0 Å². The van der Waals surface area contributed by atoms with Crippen LogP contribution in [0.3, 0.4) is 0 Å². The first kappa shape index (κ1) is 18.3. The number of sulfonamides is 1. The number of nitrogens with one attached hydrogen (secondary N) is 1. The normalized spacial score (nSPS) is 16.3. The van der Waals surface area contributed by atoms with Gasteiger partial charge in [-0.3, -0.25) is 10.1 Å². The molecule has 0 aliphatic carbocycles. The molecule has 25 heavy (non-hydrogen) atoms. The second-order valence-electron chi connectivity index (χ2n) is 5.21. The summed E-state index contributed by atoms with van der Waals surface area (Å²) in [4.78, 5) is 15.4. The minimum atomic E-state index is -4.60. The zero-order valence-corrected chi connectivity index (χ0v) is 15.0. The molecule has 6 nitrogen and oxygen atoms in total. The molecule has 3 rings (SSSR count). The molecule has 3 heterocycles. The summed E-state index contributed by atoms with van der Waals surface area (Å²) in [5.74, 6) is -0.796. The largest absolute Gasteiger partial charge is 0.434 e. The number of aromatic nitrogens is 1. The highest BCUT2D eigenvalue weighted by Crippen LogP contribution is 2.32. The number of alkyl halides is 3. The molecule has 0 radical (unpaired) electrons. The third-order valence-corrected chi connectivity index (χ3v) is 7.27. The lowest BCUT2D eigenvalue weighted by molar-refractivity contribution is -0.140. The summed E-state index contributed by atoms with van der Waals surface area (Å²) in [6.07, 6.45) is -3.10. The summed E-state index contributed by atoms with van der Waals surface area (Å²) in [6, 6.07) is 1.33. The Morgan fingerprint density at radius 1 is 1.24 bits per heavy atom. The van der Waals surface area contributed by atoms with Crippen molar-refractivity contribution in [3.05, 3.63) is 27.4 Å². The maximum Gasteiger partial charge on any atom is 0.434 e. The average molecular weight is 411 g/mol. The number of carbonyl (C=O) groups excluding carboxylic acids is 1. The van der Waals surface area contributed by atoms with Crippen LogP contribution in [0.25, 0.3) is 0 Å². The first-order chi connectivity index (χ1) is 11.7. The summed E-state index contributed by atoms with van der Waals surface area (Å²) in [5, 5.41) is 4.24. The van der Waals surface area contributed by atoms with Gasteiger partial charge in [0.15, 0.2) is 10.8 Å². The topological polar surface area (TPSA) is 79.4 Å². The quantitative estimate of drug-likeness (QED) is 0.838. The van der Waals surface area contributed by atoms with E-state index in [1.165, 1.54) is 15.8 Å². The van der Waals surface area contributed by atoms with Gasteiger partial charge in [0, 0.05) is 18.5 Å². The van der Waals surface area contributed by atoms with Gasteiger partial charge in [-0.15, -0.1) is 22.7 Å². The Balaban J connectivity index is 1.82. The fourth-order valence-electron chi connectivity index (χ4n) is 2.35. The second-order valence-corrected chi connectivity index (χ2v) is 8.90. The molecule has 1 amide bonds. The number of nitrogens with zero attached hydrogens (tertiary/aromatic N) is 2. The SMILES string of the molecule is O=C(Nc1nc(C(F)(F)F)cs1)c1sccc1S(=O)(=O)N1CCCC1. The molecule has 2 aromatic rings. The molecule has 2 aromatic heterocycles. The molecule has 1 aliphatic rings. The van der Waals surface area contributed by atoms with Crippen LogP contribution in [0.4, 0.5) is 18.3 Å². The molecule has 0 bridgehead atoms. The lowest BCUT2D eigenvalue weighted by atomic mass is 10.4. The van der Waals surface area contributed by atoms with Crippen molar-refractivity contribution < 1.29 is 26.4 Å². The number of hydrogen-bond acceptors (Lipinski definition) is 6. The fraction of sp³-hybridized carbons (Fsp3) is 0.385. The van der Waals surface area contributed by atoms with Crippen LogP contribution in [-0.4, -0.2) is 36.7 Å². The average Bonchev–Trinajstić information content (AvgIpc) is 3.27.